The van der Waals surface area contributed by atoms with Crippen molar-refractivity contribution in [3.63, 3.8) is 0 Å². The van der Waals surface area contributed by atoms with Gasteiger partial charge in [-0.25, -0.2) is 0 Å². The van der Waals surface area contributed by atoms with Crippen LogP contribution in [0.3, 0.4) is 0 Å². The van der Waals surface area contributed by atoms with E-state index in [9.17, 15) is 9.59 Å². The van der Waals surface area contributed by atoms with Crippen molar-refractivity contribution in [1.82, 2.24) is 10.6 Å². The monoisotopic (exact) mass is 343 g/mol. The molecule has 6 nitrogen and oxygen atoms in total. The van der Waals surface area contributed by atoms with Crippen molar-refractivity contribution in [2.24, 2.45) is 17.6 Å². The van der Waals surface area contributed by atoms with E-state index in [-0.39, 0.29) is 24.0 Å². The molecule has 0 aromatic heterocycles. The first-order chi connectivity index (χ1) is 11.2. The largest absolute Gasteiger partial charge is 0.465 e. The minimum atomic E-state index is -0.387. The van der Waals surface area contributed by atoms with Crippen LogP contribution < -0.4 is 16.4 Å². The zero-order valence-electron chi connectivity index (χ0n) is 16.1. The number of amides is 1. The maximum atomic E-state index is 11.3. The topological polar surface area (TPSA) is 93.5 Å². The van der Waals surface area contributed by atoms with Crippen LogP contribution in [0.4, 0.5) is 0 Å². The van der Waals surface area contributed by atoms with Crippen LogP contribution >= 0.6 is 0 Å². The number of esters is 1. The van der Waals surface area contributed by atoms with E-state index < -0.39 is 0 Å². The fourth-order valence-electron chi connectivity index (χ4n) is 2.03. The molecular formula is C18H37N3O3. The van der Waals surface area contributed by atoms with Crippen LogP contribution in [0.2, 0.25) is 0 Å². The molecule has 1 aliphatic heterocycles. The van der Waals surface area contributed by atoms with Gasteiger partial charge in [-0.15, -0.1) is 0 Å². The zero-order valence-corrected chi connectivity index (χ0v) is 16.1. The average molecular weight is 344 g/mol. The highest BCUT2D eigenvalue weighted by molar-refractivity contribution is 5.80. The Hall–Kier alpha value is -1.14. The number of nitrogens with one attached hydrogen (secondary N) is 2. The maximum Gasteiger partial charge on any atom is 0.323 e. The van der Waals surface area contributed by atoms with Crippen molar-refractivity contribution in [3.05, 3.63) is 0 Å². The first-order valence-corrected chi connectivity index (χ1v) is 9.17. The third-order valence-corrected chi connectivity index (χ3v) is 3.72. The summed E-state index contributed by atoms with van der Waals surface area (Å²) in [4.78, 5) is 22.2. The van der Waals surface area contributed by atoms with E-state index in [4.69, 9.17) is 10.5 Å². The molecule has 2 unspecified atom stereocenters. The second-order valence-electron chi connectivity index (χ2n) is 7.26. The first-order valence-electron chi connectivity index (χ1n) is 9.17. The molecule has 0 radical (unpaired) electrons. The smallest absolute Gasteiger partial charge is 0.323 e. The second kappa shape index (κ2) is 13.2. The van der Waals surface area contributed by atoms with Gasteiger partial charge in [-0.05, 0) is 51.0 Å². The Labute approximate surface area is 147 Å². The van der Waals surface area contributed by atoms with Crippen LogP contribution in [0.15, 0.2) is 0 Å². The van der Waals surface area contributed by atoms with Crippen molar-refractivity contribution >= 4 is 11.9 Å². The Morgan fingerprint density at radius 3 is 2.25 bits per heavy atom. The maximum absolute atomic E-state index is 11.3. The van der Waals surface area contributed by atoms with Gasteiger partial charge < -0.3 is 21.1 Å². The van der Waals surface area contributed by atoms with Gasteiger partial charge in [-0.1, -0.05) is 27.7 Å². The summed E-state index contributed by atoms with van der Waals surface area (Å²) in [5.74, 6) is 1.09. The van der Waals surface area contributed by atoms with Gasteiger partial charge in [0.15, 0.2) is 0 Å². The molecule has 1 heterocycles. The summed E-state index contributed by atoms with van der Waals surface area (Å²) in [6, 6.07) is -0.422. The van der Waals surface area contributed by atoms with Gasteiger partial charge in [0.25, 0.3) is 0 Å². The molecule has 0 aromatic rings. The molecule has 0 bridgehead atoms. The summed E-state index contributed by atoms with van der Waals surface area (Å²) < 4.78 is 5.14. The number of rotatable bonds is 8. The normalized spacial score (nSPS) is 18.1. The summed E-state index contributed by atoms with van der Waals surface area (Å²) >= 11 is 0. The lowest BCUT2D eigenvalue weighted by Gasteiger charge is -2.10. The summed E-state index contributed by atoms with van der Waals surface area (Å²) in [5.41, 5.74) is 5.34. The predicted octanol–water partition coefficient (Wildman–Crippen LogP) is 1.82. The van der Waals surface area contributed by atoms with Crippen LogP contribution in [0.5, 0.6) is 0 Å². The van der Waals surface area contributed by atoms with E-state index in [1.54, 1.807) is 6.92 Å². The van der Waals surface area contributed by atoms with Crippen LogP contribution in [0.1, 0.15) is 60.3 Å². The minimum absolute atomic E-state index is 0.0350. The van der Waals surface area contributed by atoms with Gasteiger partial charge >= 0.3 is 5.97 Å². The molecule has 0 spiro atoms. The molecule has 0 aliphatic carbocycles. The van der Waals surface area contributed by atoms with Gasteiger partial charge in [0, 0.05) is 6.54 Å². The quantitative estimate of drug-likeness (QED) is 0.585. The molecule has 24 heavy (non-hydrogen) atoms. The summed E-state index contributed by atoms with van der Waals surface area (Å²) in [5, 5.41) is 5.87. The molecular weight excluding hydrogens is 306 g/mol. The SMILES string of the molecule is CC(C)CCNC(=O)C(C)N.CC(C)CCOC(=O)C1CCCN1. The average Bonchev–Trinajstić information content (AvgIpc) is 3.01. The van der Waals surface area contributed by atoms with Gasteiger partial charge in [0.05, 0.1) is 12.6 Å². The van der Waals surface area contributed by atoms with Crippen molar-refractivity contribution in [2.45, 2.75) is 72.4 Å². The Bertz CT molecular complexity index is 351. The summed E-state index contributed by atoms with van der Waals surface area (Å²) in [7, 11) is 0. The van der Waals surface area contributed by atoms with E-state index in [2.05, 4.69) is 38.3 Å². The lowest BCUT2D eigenvalue weighted by Crippen LogP contribution is -2.38. The van der Waals surface area contributed by atoms with Crippen molar-refractivity contribution in [2.75, 3.05) is 19.7 Å². The zero-order chi connectivity index (χ0) is 18.5. The Balaban J connectivity index is 0.000000449. The molecule has 2 atom stereocenters. The molecule has 1 fully saturated rings. The van der Waals surface area contributed by atoms with E-state index in [1.807, 2.05) is 0 Å². The summed E-state index contributed by atoms with van der Waals surface area (Å²) in [6.07, 6.45) is 3.99. The molecule has 6 heteroatoms. The third kappa shape index (κ3) is 12.3. The fourth-order valence-corrected chi connectivity index (χ4v) is 2.03. The number of ether oxygens (including phenoxy) is 1. The molecule has 4 N–H and O–H groups in total. The van der Waals surface area contributed by atoms with Crippen LogP contribution in [0, 0.1) is 11.8 Å². The van der Waals surface area contributed by atoms with Gasteiger partial charge in [0.2, 0.25) is 5.91 Å². The number of hydrogen-bond donors (Lipinski definition) is 3. The van der Waals surface area contributed by atoms with Crippen LogP contribution in [-0.2, 0) is 14.3 Å². The van der Waals surface area contributed by atoms with Gasteiger partial charge in [-0.2, -0.15) is 0 Å². The molecule has 1 amide bonds. The first kappa shape index (κ1) is 22.9. The molecule has 0 aromatic carbocycles. The highest BCUT2D eigenvalue weighted by atomic mass is 16.5. The molecule has 1 aliphatic rings. The Morgan fingerprint density at radius 1 is 1.17 bits per heavy atom. The Morgan fingerprint density at radius 2 is 1.79 bits per heavy atom. The number of carbonyl (C=O) groups excluding carboxylic acids is 2. The lowest BCUT2D eigenvalue weighted by atomic mass is 10.1. The fraction of sp³-hybridized carbons (Fsp3) is 0.889. The predicted molar refractivity (Wildman–Crippen MR) is 97.6 cm³/mol. The minimum Gasteiger partial charge on any atom is -0.465 e. The molecule has 0 saturated carbocycles. The highest BCUT2D eigenvalue weighted by Gasteiger charge is 2.22. The standard InChI is InChI=1S/C10H19NO2.C8H18N2O/c1-8(2)5-7-13-10(12)9-4-3-6-11-9;1-6(2)4-5-10-8(11)7(3)9/h8-9,11H,3-7H2,1-2H3;6-7H,4-5,9H2,1-3H3,(H,10,11). The van der Waals surface area contributed by atoms with E-state index in [0.29, 0.717) is 18.4 Å². The van der Waals surface area contributed by atoms with Crippen molar-refractivity contribution in [3.8, 4) is 0 Å². The van der Waals surface area contributed by atoms with E-state index in [0.717, 1.165) is 38.8 Å². The van der Waals surface area contributed by atoms with Crippen LogP contribution in [0.25, 0.3) is 0 Å². The van der Waals surface area contributed by atoms with Gasteiger partial charge in [0.1, 0.15) is 6.04 Å². The number of nitrogens with two attached hydrogens (primary N) is 1. The molecule has 1 saturated heterocycles. The third-order valence-electron chi connectivity index (χ3n) is 3.72. The molecule has 142 valence electrons. The van der Waals surface area contributed by atoms with E-state index >= 15 is 0 Å². The Kier molecular flexibility index (Phi) is 12.6. The summed E-state index contributed by atoms with van der Waals surface area (Å²) in [6.45, 7) is 12.4. The second-order valence-corrected chi connectivity index (χ2v) is 7.26. The lowest BCUT2D eigenvalue weighted by molar-refractivity contribution is -0.146. The van der Waals surface area contributed by atoms with Gasteiger partial charge in [-0.3, -0.25) is 9.59 Å². The number of carbonyl (C=O) groups is 2. The molecule has 1 rings (SSSR count). The van der Waals surface area contributed by atoms with Crippen molar-refractivity contribution < 1.29 is 14.3 Å². The van der Waals surface area contributed by atoms with Crippen LogP contribution in [-0.4, -0.2) is 43.7 Å². The highest BCUT2D eigenvalue weighted by Crippen LogP contribution is 2.07. The van der Waals surface area contributed by atoms with Crippen molar-refractivity contribution in [1.29, 1.82) is 0 Å². The van der Waals surface area contributed by atoms with E-state index in [1.165, 1.54) is 0 Å². The number of hydrogen-bond acceptors (Lipinski definition) is 5.